The summed E-state index contributed by atoms with van der Waals surface area (Å²) in [6.07, 6.45) is 4.91. The molecule has 1 aromatic heterocycles. The van der Waals surface area contributed by atoms with Gasteiger partial charge in [-0.15, -0.1) is 11.3 Å². The number of ether oxygens (including phenoxy) is 1. The fraction of sp³-hybridized carbons (Fsp3) is 0.438. The summed E-state index contributed by atoms with van der Waals surface area (Å²) in [6, 6.07) is 1.98. The maximum Gasteiger partial charge on any atom is 0.338 e. The molecule has 0 radical (unpaired) electrons. The highest BCUT2D eigenvalue weighted by Crippen LogP contribution is 2.40. The molecule has 0 fully saturated rings. The molecule has 0 atom stereocenters. The normalized spacial score (nSPS) is 14.5. The molecule has 1 heterocycles. The summed E-state index contributed by atoms with van der Waals surface area (Å²) in [7, 11) is 1.45. The van der Waals surface area contributed by atoms with Crippen molar-refractivity contribution in [1.82, 2.24) is 0 Å². The molecule has 0 unspecified atom stereocenters. The Bertz CT molecular complexity index is 667. The van der Waals surface area contributed by atoms with Gasteiger partial charge in [0, 0.05) is 9.58 Å². The van der Waals surface area contributed by atoms with Gasteiger partial charge in [0.1, 0.15) is 0 Å². The first-order chi connectivity index (χ1) is 9.13. The number of rotatable bonds is 1. The summed E-state index contributed by atoms with van der Waals surface area (Å²) >= 11 is 1.92. The van der Waals surface area contributed by atoms with Crippen LogP contribution < -0.4 is 0 Å². The molecular formula is C16H18O2S. The highest BCUT2D eigenvalue weighted by Gasteiger charge is 2.22. The molecule has 0 aliphatic heterocycles. The molecule has 3 rings (SSSR count). The number of fused-ring (bicyclic) bond motifs is 3. The van der Waals surface area contributed by atoms with E-state index in [1.54, 1.807) is 0 Å². The minimum Gasteiger partial charge on any atom is -0.465 e. The molecule has 3 heteroatoms. The third kappa shape index (κ3) is 1.88. The van der Waals surface area contributed by atoms with Crippen molar-refractivity contribution in [2.45, 2.75) is 39.5 Å². The summed E-state index contributed by atoms with van der Waals surface area (Å²) in [6.45, 7) is 4.14. The quantitative estimate of drug-likeness (QED) is 0.729. The van der Waals surface area contributed by atoms with Crippen molar-refractivity contribution in [3.63, 3.8) is 0 Å². The van der Waals surface area contributed by atoms with Gasteiger partial charge in [0.05, 0.1) is 12.7 Å². The van der Waals surface area contributed by atoms with E-state index < -0.39 is 0 Å². The van der Waals surface area contributed by atoms with Crippen molar-refractivity contribution in [3.8, 4) is 0 Å². The largest absolute Gasteiger partial charge is 0.465 e. The lowest BCUT2D eigenvalue weighted by molar-refractivity contribution is 0.0600. The molecule has 0 spiro atoms. The second kappa shape index (κ2) is 4.64. The van der Waals surface area contributed by atoms with Gasteiger partial charge in [-0.25, -0.2) is 4.79 Å². The minimum absolute atomic E-state index is 0.224. The maximum atomic E-state index is 11.9. The third-order valence-electron chi connectivity index (χ3n) is 4.07. The molecule has 1 aliphatic carbocycles. The number of thiophene rings is 1. The summed E-state index contributed by atoms with van der Waals surface area (Å²) in [5.41, 5.74) is 4.49. The van der Waals surface area contributed by atoms with E-state index in [0.717, 1.165) is 17.5 Å². The molecule has 2 aromatic rings. The molecule has 19 heavy (non-hydrogen) atoms. The van der Waals surface area contributed by atoms with Gasteiger partial charge in [-0.05, 0) is 67.7 Å². The predicted octanol–water partition coefficient (Wildman–Crippen LogP) is 4.18. The summed E-state index contributed by atoms with van der Waals surface area (Å²) in [5.74, 6) is -0.224. The van der Waals surface area contributed by atoms with Gasteiger partial charge >= 0.3 is 5.97 Å². The fourth-order valence-corrected chi connectivity index (χ4v) is 4.51. The van der Waals surface area contributed by atoms with E-state index in [1.807, 2.05) is 17.4 Å². The SMILES string of the molecule is COC(=O)c1cc(C)c2sc3c(c2c1C)CCCC3. The third-order valence-corrected chi connectivity index (χ3v) is 5.50. The van der Waals surface area contributed by atoms with Crippen LogP contribution in [0.25, 0.3) is 10.1 Å². The minimum atomic E-state index is -0.224. The van der Waals surface area contributed by atoms with Gasteiger partial charge in [0.25, 0.3) is 0 Å². The number of hydrogen-bond acceptors (Lipinski definition) is 3. The average Bonchev–Trinajstić information content (AvgIpc) is 2.82. The molecule has 1 aromatic carbocycles. The number of hydrogen-bond donors (Lipinski definition) is 0. The Morgan fingerprint density at radius 3 is 2.74 bits per heavy atom. The van der Waals surface area contributed by atoms with Crippen LogP contribution in [-0.4, -0.2) is 13.1 Å². The van der Waals surface area contributed by atoms with Gasteiger partial charge in [-0.1, -0.05) is 0 Å². The maximum absolute atomic E-state index is 11.9. The lowest BCUT2D eigenvalue weighted by atomic mass is 9.91. The molecule has 0 bridgehead atoms. The second-order valence-electron chi connectivity index (χ2n) is 5.27. The number of aryl methyl sites for hydroxylation is 4. The molecule has 0 amide bonds. The molecule has 0 N–H and O–H groups in total. The molecule has 100 valence electrons. The zero-order valence-corrected chi connectivity index (χ0v) is 12.4. The Hall–Kier alpha value is -1.35. The van der Waals surface area contributed by atoms with E-state index in [2.05, 4.69) is 13.8 Å². The molecule has 2 nitrogen and oxygen atoms in total. The molecule has 0 saturated heterocycles. The second-order valence-corrected chi connectivity index (χ2v) is 6.38. The van der Waals surface area contributed by atoms with Crippen LogP contribution in [0.1, 0.15) is 44.8 Å². The van der Waals surface area contributed by atoms with Crippen LogP contribution in [0.3, 0.4) is 0 Å². The molecule has 0 saturated carbocycles. The van der Waals surface area contributed by atoms with Gasteiger partial charge in [-0.2, -0.15) is 0 Å². The van der Waals surface area contributed by atoms with Crippen LogP contribution in [0.5, 0.6) is 0 Å². The van der Waals surface area contributed by atoms with E-state index in [1.165, 1.54) is 52.5 Å². The summed E-state index contributed by atoms with van der Waals surface area (Å²) in [4.78, 5) is 13.4. The van der Waals surface area contributed by atoms with Gasteiger partial charge in [0.15, 0.2) is 0 Å². The first-order valence-corrected chi connectivity index (χ1v) is 7.58. The Balaban J connectivity index is 2.34. The number of carbonyl (C=O) groups is 1. The van der Waals surface area contributed by atoms with E-state index in [-0.39, 0.29) is 5.97 Å². The van der Waals surface area contributed by atoms with E-state index in [4.69, 9.17) is 4.74 Å². The average molecular weight is 274 g/mol. The summed E-state index contributed by atoms with van der Waals surface area (Å²) in [5, 5.41) is 1.32. The lowest BCUT2D eigenvalue weighted by Gasteiger charge is -2.13. The topological polar surface area (TPSA) is 26.3 Å². The molecule has 1 aliphatic rings. The van der Waals surface area contributed by atoms with Crippen molar-refractivity contribution in [2.75, 3.05) is 7.11 Å². The number of methoxy groups -OCH3 is 1. The van der Waals surface area contributed by atoms with E-state index >= 15 is 0 Å². The molecular weight excluding hydrogens is 256 g/mol. The van der Waals surface area contributed by atoms with Crippen molar-refractivity contribution in [1.29, 1.82) is 0 Å². The number of esters is 1. The van der Waals surface area contributed by atoms with Crippen LogP contribution in [0.2, 0.25) is 0 Å². The zero-order chi connectivity index (χ0) is 13.6. The van der Waals surface area contributed by atoms with E-state index in [9.17, 15) is 4.79 Å². The van der Waals surface area contributed by atoms with Crippen LogP contribution in [-0.2, 0) is 17.6 Å². The highest BCUT2D eigenvalue weighted by atomic mass is 32.1. The fourth-order valence-electron chi connectivity index (χ4n) is 3.09. The zero-order valence-electron chi connectivity index (χ0n) is 11.6. The number of carbonyl (C=O) groups excluding carboxylic acids is 1. The predicted molar refractivity (Wildman–Crippen MR) is 79.3 cm³/mol. The Kier molecular flexibility index (Phi) is 3.09. The Labute approximate surface area is 117 Å². The Morgan fingerprint density at radius 2 is 2.00 bits per heavy atom. The van der Waals surface area contributed by atoms with Crippen molar-refractivity contribution < 1.29 is 9.53 Å². The summed E-state index contributed by atoms with van der Waals surface area (Å²) < 4.78 is 6.26. The van der Waals surface area contributed by atoms with Crippen LogP contribution in [0.15, 0.2) is 6.07 Å². The standard InChI is InChI=1S/C16H18O2S/c1-9-8-12(16(17)18-3)10(2)14-11-6-4-5-7-13(11)19-15(9)14/h8H,4-7H2,1-3H3. The first kappa shape index (κ1) is 12.7. The van der Waals surface area contributed by atoms with E-state index in [0.29, 0.717) is 0 Å². The van der Waals surface area contributed by atoms with Crippen molar-refractivity contribution >= 4 is 27.4 Å². The van der Waals surface area contributed by atoms with Gasteiger partial charge < -0.3 is 4.74 Å². The van der Waals surface area contributed by atoms with Crippen LogP contribution >= 0.6 is 11.3 Å². The highest BCUT2D eigenvalue weighted by molar-refractivity contribution is 7.19. The Morgan fingerprint density at radius 1 is 1.26 bits per heavy atom. The van der Waals surface area contributed by atoms with Crippen LogP contribution in [0, 0.1) is 13.8 Å². The smallest absolute Gasteiger partial charge is 0.338 e. The van der Waals surface area contributed by atoms with Crippen LogP contribution in [0.4, 0.5) is 0 Å². The number of benzene rings is 1. The van der Waals surface area contributed by atoms with Crippen molar-refractivity contribution in [3.05, 3.63) is 33.2 Å². The monoisotopic (exact) mass is 274 g/mol. The van der Waals surface area contributed by atoms with Crippen molar-refractivity contribution in [2.24, 2.45) is 0 Å². The lowest BCUT2D eigenvalue weighted by Crippen LogP contribution is -2.05. The first-order valence-electron chi connectivity index (χ1n) is 6.76. The van der Waals surface area contributed by atoms with Gasteiger partial charge in [0.2, 0.25) is 0 Å². The van der Waals surface area contributed by atoms with Gasteiger partial charge in [-0.3, -0.25) is 0 Å².